The average Bonchev–Trinajstić information content (AvgIpc) is 3.04. The minimum Gasteiger partial charge on any atom is -0.389 e. The number of nitrogens with one attached hydrogen (secondary N) is 1. The molecule has 0 fully saturated rings. The predicted molar refractivity (Wildman–Crippen MR) is 109 cm³/mol. The lowest BCUT2D eigenvalue weighted by Crippen LogP contribution is -2.26. The molecule has 146 valence electrons. The first kappa shape index (κ1) is 18.6. The predicted octanol–water partition coefficient (Wildman–Crippen LogP) is 4.15. The van der Waals surface area contributed by atoms with E-state index in [1.165, 1.54) is 0 Å². The number of aromatic amines is 1. The highest BCUT2D eigenvalue weighted by Crippen LogP contribution is 2.37. The quantitative estimate of drug-likeness (QED) is 0.836. The molecule has 4 atom stereocenters. The maximum Gasteiger partial charge on any atom is 0.418 e. The van der Waals surface area contributed by atoms with E-state index in [1.807, 2.05) is 38.1 Å². The molecule has 28 heavy (non-hydrogen) atoms. The zero-order valence-electron chi connectivity index (χ0n) is 16.0. The fourth-order valence-electron chi connectivity index (χ4n) is 3.96. The Morgan fingerprint density at radius 2 is 2.18 bits per heavy atom. The van der Waals surface area contributed by atoms with Crippen LogP contribution in [-0.2, 0) is 0 Å². The molecule has 3 N–H and O–H groups in total. The number of alkyl halides is 1. The smallest absolute Gasteiger partial charge is 0.389 e. The molecule has 2 aliphatic carbocycles. The van der Waals surface area contributed by atoms with Gasteiger partial charge in [0.05, 0.1) is 5.69 Å². The van der Waals surface area contributed by atoms with Gasteiger partial charge in [-0.2, -0.15) is 0 Å². The van der Waals surface area contributed by atoms with E-state index in [1.54, 1.807) is 12.2 Å². The Hall–Kier alpha value is -2.73. The number of hydrogen-bond donors (Lipinski definition) is 2. The van der Waals surface area contributed by atoms with Crippen molar-refractivity contribution in [2.75, 3.05) is 0 Å². The summed E-state index contributed by atoms with van der Waals surface area (Å²) >= 11 is 0. The molecule has 2 aromatic rings. The molecule has 6 heteroatoms. The third-order valence-corrected chi connectivity index (χ3v) is 5.49. The third kappa shape index (κ3) is 3.40. The number of aromatic nitrogens is 2. The first-order valence-corrected chi connectivity index (χ1v) is 9.64. The van der Waals surface area contributed by atoms with E-state index in [0.717, 1.165) is 35.2 Å². The Balaban J connectivity index is 1.88. The van der Waals surface area contributed by atoms with Crippen LogP contribution in [0.15, 0.2) is 57.3 Å². The molecule has 0 saturated heterocycles. The molecule has 0 bridgehead atoms. The normalized spacial score (nSPS) is 28.0. The lowest BCUT2D eigenvalue weighted by molar-refractivity contribution is 0.335. The Morgan fingerprint density at radius 1 is 1.36 bits per heavy atom. The van der Waals surface area contributed by atoms with Crippen LogP contribution in [0.5, 0.6) is 0 Å². The molecule has 5 nitrogen and oxygen atoms in total. The maximum absolute atomic E-state index is 13.9. The van der Waals surface area contributed by atoms with Crippen LogP contribution in [0.4, 0.5) is 4.39 Å². The fourth-order valence-corrected chi connectivity index (χ4v) is 3.96. The summed E-state index contributed by atoms with van der Waals surface area (Å²) in [7, 11) is 0. The minimum atomic E-state index is -1.00. The van der Waals surface area contributed by atoms with Gasteiger partial charge in [0.25, 0.3) is 0 Å². The molecule has 0 saturated carbocycles. The van der Waals surface area contributed by atoms with E-state index in [0.29, 0.717) is 5.52 Å². The van der Waals surface area contributed by atoms with Gasteiger partial charge in [-0.15, -0.1) is 0 Å². The van der Waals surface area contributed by atoms with Gasteiger partial charge in [0, 0.05) is 17.9 Å². The number of nitrogens with zero attached hydrogens (tertiary/aromatic N) is 1. The summed E-state index contributed by atoms with van der Waals surface area (Å²) in [4.78, 5) is 19.0. The fraction of sp³-hybridized carbons (Fsp3) is 0.364. The van der Waals surface area contributed by atoms with E-state index in [9.17, 15) is 9.18 Å². The van der Waals surface area contributed by atoms with Crippen LogP contribution in [-0.4, -0.2) is 22.2 Å². The third-order valence-electron chi connectivity index (χ3n) is 5.49. The van der Waals surface area contributed by atoms with Gasteiger partial charge in [-0.05, 0) is 48.6 Å². The van der Waals surface area contributed by atoms with Crippen molar-refractivity contribution in [1.29, 1.82) is 0 Å². The molecule has 0 amide bonds. The Morgan fingerprint density at radius 3 is 2.93 bits per heavy atom. The van der Waals surface area contributed by atoms with E-state index >= 15 is 0 Å². The van der Waals surface area contributed by atoms with Crippen molar-refractivity contribution in [2.24, 2.45) is 11.7 Å². The molecule has 4 unspecified atom stereocenters. The Kier molecular flexibility index (Phi) is 4.89. The molecule has 4 rings (SSSR count). The van der Waals surface area contributed by atoms with Gasteiger partial charge >= 0.3 is 5.76 Å². The molecule has 0 aliphatic heterocycles. The summed E-state index contributed by atoms with van der Waals surface area (Å²) < 4.78 is 19.1. The molecule has 2 heterocycles. The van der Waals surface area contributed by atoms with Crippen LogP contribution in [0, 0.1) is 5.92 Å². The van der Waals surface area contributed by atoms with Crippen LogP contribution in [0.2, 0.25) is 0 Å². The zero-order valence-corrected chi connectivity index (χ0v) is 16.0. The highest BCUT2D eigenvalue weighted by Gasteiger charge is 2.26. The van der Waals surface area contributed by atoms with Crippen molar-refractivity contribution < 1.29 is 8.81 Å². The van der Waals surface area contributed by atoms with Gasteiger partial charge in [-0.1, -0.05) is 37.3 Å². The summed E-state index contributed by atoms with van der Waals surface area (Å²) in [6.07, 6.45) is 12.1. The maximum atomic E-state index is 13.9. The first-order valence-electron chi connectivity index (χ1n) is 9.64. The number of rotatable bonds is 3. The van der Waals surface area contributed by atoms with Gasteiger partial charge in [-0.25, -0.2) is 14.2 Å². The largest absolute Gasteiger partial charge is 0.418 e. The number of H-pyrrole nitrogens is 1. The molecule has 0 spiro atoms. The number of pyridine rings is 1. The molecular weight excluding hydrogens is 357 g/mol. The topological polar surface area (TPSA) is 84.9 Å². The summed E-state index contributed by atoms with van der Waals surface area (Å²) in [5.74, 6) is -0.673. The minimum absolute atomic E-state index is 0.0161. The van der Waals surface area contributed by atoms with E-state index in [2.05, 4.69) is 16.0 Å². The standard InChI is InChI=1S/C22H24FN3O2/c1-3-4-14-10-13(6-8-18(14)24)16-11-19-21(28-22(27)25-19)26-20(16)15-5-7-17(23)12(2)9-15/h3-5,7,9-13,17-18H,6,8,24H2,1-2H3,(H,25,27). The van der Waals surface area contributed by atoms with Gasteiger partial charge in [0.1, 0.15) is 11.7 Å². The van der Waals surface area contributed by atoms with Gasteiger partial charge in [0.15, 0.2) is 0 Å². The van der Waals surface area contributed by atoms with Crippen LogP contribution < -0.4 is 11.5 Å². The van der Waals surface area contributed by atoms with Crippen molar-refractivity contribution in [3.05, 3.63) is 69.9 Å². The summed E-state index contributed by atoms with van der Waals surface area (Å²) in [6.45, 7) is 3.81. The number of hydrogen-bond acceptors (Lipinski definition) is 4. The van der Waals surface area contributed by atoms with Crippen molar-refractivity contribution in [3.63, 3.8) is 0 Å². The second kappa shape index (κ2) is 7.36. The van der Waals surface area contributed by atoms with Crippen molar-refractivity contribution in [2.45, 2.75) is 44.8 Å². The van der Waals surface area contributed by atoms with E-state index in [4.69, 9.17) is 10.2 Å². The van der Waals surface area contributed by atoms with E-state index < -0.39 is 11.9 Å². The first-order chi connectivity index (χ1) is 13.5. The van der Waals surface area contributed by atoms with Crippen molar-refractivity contribution in [3.8, 4) is 0 Å². The highest BCUT2D eigenvalue weighted by atomic mass is 19.1. The summed E-state index contributed by atoms with van der Waals surface area (Å²) in [5, 5.41) is 0. The molecule has 2 aliphatic rings. The summed E-state index contributed by atoms with van der Waals surface area (Å²) in [5.41, 5.74) is 10.7. The number of halogens is 1. The monoisotopic (exact) mass is 381 g/mol. The number of fused-ring (bicyclic) bond motifs is 1. The zero-order chi connectivity index (χ0) is 19.8. The molecular formula is C22H24FN3O2. The highest BCUT2D eigenvalue weighted by molar-refractivity contribution is 5.81. The Bertz CT molecular complexity index is 1070. The number of oxazole rings is 1. The van der Waals surface area contributed by atoms with Crippen molar-refractivity contribution >= 4 is 16.8 Å². The second-order valence-corrected chi connectivity index (χ2v) is 7.54. The average molecular weight is 381 g/mol. The second-order valence-electron chi connectivity index (χ2n) is 7.54. The number of nitrogens with two attached hydrogens (primary N) is 1. The lowest BCUT2D eigenvalue weighted by Gasteiger charge is -2.27. The Labute approximate surface area is 162 Å². The summed E-state index contributed by atoms with van der Waals surface area (Å²) in [6, 6.07) is 1.94. The van der Waals surface area contributed by atoms with E-state index in [-0.39, 0.29) is 23.6 Å². The van der Waals surface area contributed by atoms with Gasteiger partial charge < -0.3 is 10.2 Å². The van der Waals surface area contributed by atoms with Crippen LogP contribution >= 0.6 is 0 Å². The molecule has 0 radical (unpaired) electrons. The molecule has 0 aromatic carbocycles. The van der Waals surface area contributed by atoms with Crippen LogP contribution in [0.25, 0.3) is 16.8 Å². The SMILES string of the molecule is CC=CC1=CC(c2cc3[nH]c(=O)oc3nc2C2=CC(C)C(F)C=C2)CCC1N. The lowest BCUT2D eigenvalue weighted by atomic mass is 9.81. The molecule has 2 aromatic heterocycles. The van der Waals surface area contributed by atoms with Crippen LogP contribution in [0.3, 0.4) is 0 Å². The van der Waals surface area contributed by atoms with Gasteiger partial charge in [0.2, 0.25) is 5.71 Å². The van der Waals surface area contributed by atoms with Crippen LogP contribution in [0.1, 0.15) is 43.9 Å². The van der Waals surface area contributed by atoms with Gasteiger partial charge in [-0.3, -0.25) is 4.98 Å². The van der Waals surface area contributed by atoms with Crippen molar-refractivity contribution in [1.82, 2.24) is 9.97 Å². The number of allylic oxidation sites excluding steroid dienone is 6.